The Bertz CT molecular complexity index is 1290. The van der Waals surface area contributed by atoms with Crippen LogP contribution in [0.1, 0.15) is 49.9 Å². The molecular weight excluding hydrogens is 531 g/mol. The normalized spacial score (nSPS) is 13.8. The molecule has 0 saturated carbocycles. The molecule has 1 N–H and O–H groups in total. The van der Waals surface area contributed by atoms with Crippen molar-refractivity contribution in [2.24, 2.45) is 0 Å². The molecule has 13 heteroatoms. The number of carbonyl (C=O) groups is 2. The van der Waals surface area contributed by atoms with Gasteiger partial charge in [0, 0.05) is 29.8 Å². The monoisotopic (exact) mass is 555 g/mol. The van der Waals surface area contributed by atoms with E-state index in [0.717, 1.165) is 19.2 Å². The predicted molar refractivity (Wildman–Crippen MR) is 122 cm³/mol. The molecule has 0 radical (unpaired) electrons. The number of aryl methyl sites for hydroxylation is 2. The molecule has 0 fully saturated rings. The minimum Gasteiger partial charge on any atom is -0.349 e. The zero-order valence-electron chi connectivity index (χ0n) is 20.1. The van der Waals surface area contributed by atoms with Crippen LogP contribution in [0.15, 0.2) is 36.4 Å². The summed E-state index contributed by atoms with van der Waals surface area (Å²) >= 11 is 0. The number of nitrogens with one attached hydrogen (secondary N) is 1. The van der Waals surface area contributed by atoms with Gasteiger partial charge in [0.15, 0.2) is 5.78 Å². The Morgan fingerprint density at radius 3 is 1.97 bits per heavy atom. The maximum absolute atomic E-state index is 14.4. The molecule has 37 heavy (non-hydrogen) atoms. The first kappa shape index (κ1) is 30.3. The van der Waals surface area contributed by atoms with E-state index in [9.17, 15) is 48.7 Å². The van der Waals surface area contributed by atoms with E-state index in [4.69, 9.17) is 0 Å². The van der Waals surface area contributed by atoms with E-state index in [-0.39, 0.29) is 28.0 Å². The molecule has 1 amide bonds. The van der Waals surface area contributed by atoms with Gasteiger partial charge in [-0.3, -0.25) is 9.59 Å². The molecule has 204 valence electrons. The Hall–Kier alpha value is -2.96. The number of carbonyl (C=O) groups excluding carboxylic acids is 2. The SMILES string of the molecule is Cc1cc(C(F)(C(F)(F)F)C(F)(F)F)ccc1CC(=O)c1cccc(C)c1C(=O)NC(C)CS(C)(=O)=O. The maximum atomic E-state index is 14.4. The first-order valence-electron chi connectivity index (χ1n) is 10.7. The van der Waals surface area contributed by atoms with Gasteiger partial charge >= 0.3 is 18.0 Å². The van der Waals surface area contributed by atoms with Gasteiger partial charge in [-0.15, -0.1) is 0 Å². The number of hydrogen-bond acceptors (Lipinski definition) is 4. The number of alkyl halides is 7. The van der Waals surface area contributed by atoms with Crippen molar-refractivity contribution in [1.29, 1.82) is 0 Å². The Morgan fingerprint density at radius 1 is 0.919 bits per heavy atom. The number of ketones is 1. The number of hydrogen-bond donors (Lipinski definition) is 1. The highest BCUT2D eigenvalue weighted by molar-refractivity contribution is 7.90. The van der Waals surface area contributed by atoms with Gasteiger partial charge in [-0.2, -0.15) is 26.3 Å². The van der Waals surface area contributed by atoms with Crippen molar-refractivity contribution in [3.8, 4) is 0 Å². The van der Waals surface area contributed by atoms with E-state index in [1.165, 1.54) is 32.0 Å². The summed E-state index contributed by atoms with van der Waals surface area (Å²) in [7, 11) is -3.42. The standard InChI is InChI=1S/C24H24F7NO4S/c1-13-6-5-7-18(20(13)21(34)32-15(3)12-37(4,35)36)19(33)11-16-8-9-17(10-14(16)2)22(25,23(26,27)28)24(29,30)31/h5-10,15H,11-12H2,1-4H3,(H,32,34). The third-order valence-corrected chi connectivity index (χ3v) is 6.71. The lowest BCUT2D eigenvalue weighted by molar-refractivity contribution is -0.348. The molecule has 0 saturated heterocycles. The molecule has 0 aromatic heterocycles. The van der Waals surface area contributed by atoms with Crippen molar-refractivity contribution in [2.75, 3.05) is 12.0 Å². The van der Waals surface area contributed by atoms with Gasteiger partial charge < -0.3 is 5.32 Å². The summed E-state index contributed by atoms with van der Waals surface area (Å²) in [5.74, 6) is -1.77. The van der Waals surface area contributed by atoms with Gasteiger partial charge in [-0.05, 0) is 37.5 Å². The average molecular weight is 556 g/mol. The second kappa shape index (κ2) is 10.4. The van der Waals surface area contributed by atoms with Crippen LogP contribution in [0.4, 0.5) is 30.7 Å². The summed E-state index contributed by atoms with van der Waals surface area (Å²) in [6, 6.07) is 5.05. The lowest BCUT2D eigenvalue weighted by atomic mass is 9.89. The maximum Gasteiger partial charge on any atom is 0.435 e. The van der Waals surface area contributed by atoms with Gasteiger partial charge in [-0.1, -0.05) is 36.4 Å². The van der Waals surface area contributed by atoms with Crippen LogP contribution in [-0.2, 0) is 21.9 Å². The second-order valence-corrected chi connectivity index (χ2v) is 11.0. The topological polar surface area (TPSA) is 80.3 Å². The molecule has 0 bridgehead atoms. The summed E-state index contributed by atoms with van der Waals surface area (Å²) in [6.45, 7) is 4.12. The fourth-order valence-electron chi connectivity index (χ4n) is 3.86. The second-order valence-electron chi connectivity index (χ2n) is 8.86. The number of halogens is 7. The highest BCUT2D eigenvalue weighted by atomic mass is 32.2. The molecular formula is C24H24F7NO4S. The predicted octanol–water partition coefficient (Wildman–Crippen LogP) is 5.18. The molecule has 5 nitrogen and oxygen atoms in total. The average Bonchev–Trinajstić information content (AvgIpc) is 2.71. The van der Waals surface area contributed by atoms with E-state index in [1.807, 2.05) is 0 Å². The summed E-state index contributed by atoms with van der Waals surface area (Å²) in [5.41, 5.74) is -7.20. The molecule has 0 heterocycles. The van der Waals surface area contributed by atoms with Gasteiger partial charge in [0.05, 0.1) is 11.3 Å². The fourth-order valence-corrected chi connectivity index (χ4v) is 4.85. The van der Waals surface area contributed by atoms with E-state index < -0.39 is 57.6 Å². The van der Waals surface area contributed by atoms with E-state index in [0.29, 0.717) is 17.7 Å². The van der Waals surface area contributed by atoms with Crippen molar-refractivity contribution in [1.82, 2.24) is 5.32 Å². The van der Waals surface area contributed by atoms with Gasteiger partial charge in [0.25, 0.3) is 5.91 Å². The number of amides is 1. The molecule has 0 spiro atoms. The summed E-state index contributed by atoms with van der Waals surface area (Å²) in [6.07, 6.45) is -12.1. The van der Waals surface area contributed by atoms with Crippen molar-refractivity contribution < 1.29 is 48.7 Å². The third kappa shape index (κ3) is 6.68. The zero-order chi connectivity index (χ0) is 28.6. The molecule has 2 aromatic carbocycles. The summed E-state index contributed by atoms with van der Waals surface area (Å²) in [5, 5.41) is 2.49. The van der Waals surface area contributed by atoms with Crippen LogP contribution in [0, 0.1) is 13.8 Å². The van der Waals surface area contributed by atoms with Gasteiger partial charge in [-0.25, -0.2) is 12.8 Å². The first-order chi connectivity index (χ1) is 16.7. The van der Waals surface area contributed by atoms with Crippen molar-refractivity contribution in [3.63, 3.8) is 0 Å². The van der Waals surface area contributed by atoms with Crippen molar-refractivity contribution in [2.45, 2.75) is 51.3 Å². The van der Waals surface area contributed by atoms with E-state index in [1.54, 1.807) is 0 Å². The van der Waals surface area contributed by atoms with Crippen molar-refractivity contribution in [3.05, 3.63) is 69.8 Å². The molecule has 2 rings (SSSR count). The number of benzene rings is 2. The third-order valence-electron chi connectivity index (χ3n) is 5.60. The summed E-state index contributed by atoms with van der Waals surface area (Å²) < 4.78 is 116. The Kier molecular flexibility index (Phi) is 8.53. The van der Waals surface area contributed by atoms with Crippen LogP contribution in [0.3, 0.4) is 0 Å². The smallest absolute Gasteiger partial charge is 0.349 e. The molecule has 1 unspecified atom stereocenters. The van der Waals surface area contributed by atoms with Crippen LogP contribution in [0.2, 0.25) is 0 Å². The molecule has 1 atom stereocenters. The van der Waals surface area contributed by atoms with Crippen LogP contribution in [0.5, 0.6) is 0 Å². The zero-order valence-corrected chi connectivity index (χ0v) is 21.0. The largest absolute Gasteiger partial charge is 0.435 e. The molecule has 2 aromatic rings. The number of sulfone groups is 1. The molecule has 0 aliphatic rings. The number of rotatable bonds is 8. The first-order valence-corrected chi connectivity index (χ1v) is 12.8. The van der Waals surface area contributed by atoms with E-state index >= 15 is 0 Å². The summed E-state index contributed by atoms with van der Waals surface area (Å²) in [4.78, 5) is 25.9. The van der Waals surface area contributed by atoms with Gasteiger partial charge in [0.1, 0.15) is 9.84 Å². The Morgan fingerprint density at radius 2 is 1.49 bits per heavy atom. The van der Waals surface area contributed by atoms with Gasteiger partial charge in [0.2, 0.25) is 0 Å². The minimum absolute atomic E-state index is 0.0266. The molecule has 0 aliphatic carbocycles. The fraction of sp³-hybridized carbons (Fsp3) is 0.417. The lowest BCUT2D eigenvalue weighted by Crippen LogP contribution is -2.50. The van der Waals surface area contributed by atoms with Crippen LogP contribution in [-0.4, -0.2) is 50.5 Å². The van der Waals surface area contributed by atoms with Crippen molar-refractivity contribution >= 4 is 21.5 Å². The lowest BCUT2D eigenvalue weighted by Gasteiger charge is -2.30. The highest BCUT2D eigenvalue weighted by Crippen LogP contribution is 2.53. The van der Waals surface area contributed by atoms with E-state index in [2.05, 4.69) is 5.32 Å². The minimum atomic E-state index is -6.27. The molecule has 0 aliphatic heterocycles. The quantitative estimate of drug-likeness (QED) is 0.360. The Balaban J connectivity index is 2.40. The van der Waals surface area contributed by atoms with Crippen LogP contribution in [0.25, 0.3) is 0 Å². The highest BCUT2D eigenvalue weighted by Gasteiger charge is 2.73. The Labute approximate surface area is 209 Å². The van der Waals surface area contributed by atoms with Crippen LogP contribution < -0.4 is 5.32 Å². The number of Topliss-reactive ketones (excluding diaryl/α,β-unsaturated/α-hetero) is 1. The van der Waals surface area contributed by atoms with Crippen LogP contribution >= 0.6 is 0 Å².